The quantitative estimate of drug-likeness (QED) is 0.876. The molecule has 2 N–H and O–H groups in total. The van der Waals surface area contributed by atoms with E-state index >= 15 is 0 Å². The Morgan fingerprint density at radius 3 is 2.73 bits per heavy atom. The topological polar surface area (TPSA) is 80.4 Å². The van der Waals surface area contributed by atoms with E-state index in [1.54, 1.807) is 4.68 Å². The van der Waals surface area contributed by atoms with Crippen molar-refractivity contribution >= 4 is 0 Å². The molecule has 6 heteroatoms. The molecule has 6 nitrogen and oxygen atoms in total. The zero-order valence-corrected chi connectivity index (χ0v) is 12.6. The molecular formula is C16H21N3O3. The van der Waals surface area contributed by atoms with Crippen LogP contribution in [0.2, 0.25) is 0 Å². The van der Waals surface area contributed by atoms with Gasteiger partial charge in [0.25, 0.3) is 0 Å². The van der Waals surface area contributed by atoms with Crippen LogP contribution in [0.4, 0.5) is 0 Å². The zero-order valence-electron chi connectivity index (χ0n) is 12.6. The van der Waals surface area contributed by atoms with Crippen LogP contribution in [-0.2, 0) is 11.2 Å². The zero-order chi connectivity index (χ0) is 15.5. The number of ether oxygens (including phenoxy) is 1. The summed E-state index contributed by atoms with van der Waals surface area (Å²) in [5.74, 6) is 0. The van der Waals surface area contributed by atoms with Crippen LogP contribution < -0.4 is 0 Å². The Labute approximate surface area is 129 Å². The number of aliphatic hydroxyl groups is 2. The van der Waals surface area contributed by atoms with Crippen LogP contribution in [-0.4, -0.2) is 44.0 Å². The minimum absolute atomic E-state index is 0.196. The third-order valence-corrected chi connectivity index (χ3v) is 3.98. The van der Waals surface area contributed by atoms with Crippen molar-refractivity contribution in [3.63, 3.8) is 0 Å². The molecule has 3 rings (SSSR count). The van der Waals surface area contributed by atoms with Crippen LogP contribution in [0, 0.1) is 0 Å². The van der Waals surface area contributed by atoms with Gasteiger partial charge in [-0.1, -0.05) is 42.8 Å². The van der Waals surface area contributed by atoms with Crippen molar-refractivity contribution in [1.82, 2.24) is 15.0 Å². The predicted octanol–water partition coefficient (Wildman–Crippen LogP) is 1.54. The molecule has 0 aliphatic carbocycles. The van der Waals surface area contributed by atoms with Gasteiger partial charge in [-0.2, -0.15) is 0 Å². The van der Waals surface area contributed by atoms with Gasteiger partial charge in [0.15, 0.2) is 6.23 Å². The lowest BCUT2D eigenvalue weighted by Gasteiger charge is -2.11. The highest BCUT2D eigenvalue weighted by Gasteiger charge is 2.35. The summed E-state index contributed by atoms with van der Waals surface area (Å²) in [4.78, 5) is 0. The molecule has 0 saturated carbocycles. The van der Waals surface area contributed by atoms with Crippen LogP contribution >= 0.6 is 0 Å². The average molecular weight is 303 g/mol. The number of rotatable bonds is 5. The van der Waals surface area contributed by atoms with Crippen molar-refractivity contribution in [3.05, 3.63) is 36.0 Å². The number of aliphatic hydroxyl groups excluding tert-OH is 2. The van der Waals surface area contributed by atoms with Gasteiger partial charge in [0.05, 0.1) is 18.9 Å². The summed E-state index contributed by atoms with van der Waals surface area (Å²) in [6.45, 7) is 1.97. The molecule has 1 saturated heterocycles. The summed E-state index contributed by atoms with van der Waals surface area (Å²) < 4.78 is 7.17. The number of aromatic nitrogens is 3. The number of aryl methyl sites for hydroxylation is 1. The molecule has 2 heterocycles. The second kappa shape index (κ2) is 6.56. The summed E-state index contributed by atoms with van der Waals surface area (Å²) >= 11 is 0. The molecule has 0 spiro atoms. The maximum absolute atomic E-state index is 9.78. The van der Waals surface area contributed by atoms with Gasteiger partial charge in [-0.05, 0) is 12.0 Å². The fourth-order valence-electron chi connectivity index (χ4n) is 2.72. The number of nitrogens with zero attached hydrogens (tertiary/aromatic N) is 3. The van der Waals surface area contributed by atoms with Crippen LogP contribution in [0.5, 0.6) is 0 Å². The molecule has 1 aliphatic rings. The standard InChI is InChI=1S/C16H21N3O3/c1-2-3-11-4-6-12(7-5-11)13-9-19(18-17-13)16-8-14(21)15(10-20)22-16/h4-7,9,14-16,20-21H,2-3,8,10H2,1H3/t14-,15+,16+/m1/s1. The lowest BCUT2D eigenvalue weighted by molar-refractivity contribution is -0.0489. The van der Waals surface area contributed by atoms with Crippen molar-refractivity contribution in [2.24, 2.45) is 0 Å². The number of hydrogen-bond donors (Lipinski definition) is 2. The van der Waals surface area contributed by atoms with Gasteiger partial charge >= 0.3 is 0 Å². The van der Waals surface area contributed by atoms with E-state index in [0.717, 1.165) is 24.1 Å². The first-order chi connectivity index (χ1) is 10.7. The summed E-state index contributed by atoms with van der Waals surface area (Å²) in [6.07, 6.45) is 2.82. The van der Waals surface area contributed by atoms with Crippen molar-refractivity contribution in [2.75, 3.05) is 6.61 Å². The van der Waals surface area contributed by atoms with Gasteiger partial charge < -0.3 is 14.9 Å². The highest BCUT2D eigenvalue weighted by Crippen LogP contribution is 2.29. The van der Waals surface area contributed by atoms with E-state index in [1.165, 1.54) is 5.56 Å². The minimum atomic E-state index is -0.670. The monoisotopic (exact) mass is 303 g/mol. The van der Waals surface area contributed by atoms with Gasteiger partial charge in [0.2, 0.25) is 0 Å². The van der Waals surface area contributed by atoms with E-state index in [2.05, 4.69) is 29.4 Å². The second-order valence-corrected chi connectivity index (χ2v) is 5.65. The molecule has 3 atom stereocenters. The largest absolute Gasteiger partial charge is 0.394 e. The fraction of sp³-hybridized carbons (Fsp3) is 0.500. The predicted molar refractivity (Wildman–Crippen MR) is 81.1 cm³/mol. The van der Waals surface area contributed by atoms with Crippen molar-refractivity contribution in [1.29, 1.82) is 0 Å². The molecule has 118 valence electrons. The lowest BCUT2D eigenvalue weighted by atomic mass is 10.1. The summed E-state index contributed by atoms with van der Waals surface area (Å²) in [5.41, 5.74) is 3.09. The number of benzene rings is 1. The SMILES string of the molecule is CCCc1ccc(-c2cn([C@@H]3C[C@@H](O)[C@H](CO)O3)nn2)cc1. The smallest absolute Gasteiger partial charge is 0.155 e. The molecule has 0 amide bonds. The highest BCUT2D eigenvalue weighted by atomic mass is 16.5. The van der Waals surface area contributed by atoms with Gasteiger partial charge in [-0.3, -0.25) is 0 Å². The van der Waals surface area contributed by atoms with Crippen LogP contribution in [0.1, 0.15) is 31.6 Å². The maximum Gasteiger partial charge on any atom is 0.155 e. The Balaban J connectivity index is 1.73. The maximum atomic E-state index is 9.78. The van der Waals surface area contributed by atoms with Gasteiger partial charge in [-0.25, -0.2) is 4.68 Å². The van der Waals surface area contributed by atoms with Crippen LogP contribution in [0.15, 0.2) is 30.5 Å². The van der Waals surface area contributed by atoms with Crippen molar-refractivity contribution in [2.45, 2.75) is 44.6 Å². The molecule has 1 fully saturated rings. The summed E-state index contributed by atoms with van der Waals surface area (Å²) in [6, 6.07) is 8.30. The second-order valence-electron chi connectivity index (χ2n) is 5.65. The van der Waals surface area contributed by atoms with Crippen molar-refractivity contribution < 1.29 is 14.9 Å². The number of hydrogen-bond acceptors (Lipinski definition) is 5. The Kier molecular flexibility index (Phi) is 4.52. The Bertz CT molecular complexity index is 611. The van der Waals surface area contributed by atoms with E-state index in [-0.39, 0.29) is 12.8 Å². The van der Waals surface area contributed by atoms with E-state index in [9.17, 15) is 5.11 Å². The fourth-order valence-corrected chi connectivity index (χ4v) is 2.72. The molecule has 0 bridgehead atoms. The Morgan fingerprint density at radius 2 is 2.09 bits per heavy atom. The molecule has 1 aromatic heterocycles. The Hall–Kier alpha value is -1.76. The molecular weight excluding hydrogens is 282 g/mol. The van der Waals surface area contributed by atoms with Gasteiger partial charge in [0.1, 0.15) is 11.8 Å². The first kappa shape index (κ1) is 15.1. The summed E-state index contributed by atoms with van der Waals surface area (Å²) in [7, 11) is 0. The molecule has 0 radical (unpaired) electrons. The third-order valence-electron chi connectivity index (χ3n) is 3.98. The lowest BCUT2D eigenvalue weighted by Crippen LogP contribution is -2.24. The normalized spacial score (nSPS) is 24.8. The molecule has 22 heavy (non-hydrogen) atoms. The third kappa shape index (κ3) is 3.04. The van der Waals surface area contributed by atoms with Gasteiger partial charge in [-0.15, -0.1) is 5.10 Å². The molecule has 0 unspecified atom stereocenters. The van der Waals surface area contributed by atoms with Gasteiger partial charge in [0, 0.05) is 12.0 Å². The first-order valence-electron chi connectivity index (χ1n) is 7.66. The van der Waals surface area contributed by atoms with E-state index in [1.807, 2.05) is 18.3 Å². The van der Waals surface area contributed by atoms with Crippen molar-refractivity contribution in [3.8, 4) is 11.3 Å². The summed E-state index contributed by atoms with van der Waals surface area (Å²) in [5, 5.41) is 27.2. The van der Waals surface area contributed by atoms with E-state index in [0.29, 0.717) is 6.42 Å². The van der Waals surface area contributed by atoms with Crippen LogP contribution in [0.3, 0.4) is 0 Å². The minimum Gasteiger partial charge on any atom is -0.394 e. The molecule has 2 aromatic rings. The van der Waals surface area contributed by atoms with Crippen LogP contribution in [0.25, 0.3) is 11.3 Å². The average Bonchev–Trinajstić information content (AvgIpc) is 3.15. The first-order valence-corrected chi connectivity index (χ1v) is 7.66. The molecule has 1 aliphatic heterocycles. The highest BCUT2D eigenvalue weighted by molar-refractivity contribution is 5.57. The Morgan fingerprint density at radius 1 is 1.32 bits per heavy atom. The van der Waals surface area contributed by atoms with E-state index in [4.69, 9.17) is 9.84 Å². The van der Waals surface area contributed by atoms with E-state index < -0.39 is 12.2 Å². The molecule has 1 aromatic carbocycles.